The Bertz CT molecular complexity index is 560. The molecule has 1 aliphatic carbocycles. The van der Waals surface area contributed by atoms with Gasteiger partial charge in [-0.05, 0) is 43.4 Å². The van der Waals surface area contributed by atoms with Gasteiger partial charge >= 0.3 is 0 Å². The summed E-state index contributed by atoms with van der Waals surface area (Å²) in [6, 6.07) is 6.45. The largest absolute Gasteiger partial charge is 0.339 e. The van der Waals surface area contributed by atoms with Crippen LogP contribution in [0.5, 0.6) is 0 Å². The van der Waals surface area contributed by atoms with Crippen molar-refractivity contribution in [2.24, 2.45) is 5.73 Å². The zero-order chi connectivity index (χ0) is 13.3. The molecule has 1 aromatic heterocycles. The molecule has 1 fully saturated rings. The lowest BCUT2D eigenvalue weighted by Gasteiger charge is -2.34. The van der Waals surface area contributed by atoms with Crippen molar-refractivity contribution in [1.29, 1.82) is 0 Å². The molecule has 0 aliphatic heterocycles. The van der Waals surface area contributed by atoms with E-state index in [1.165, 1.54) is 12.1 Å². The van der Waals surface area contributed by atoms with E-state index in [9.17, 15) is 4.39 Å². The molecule has 1 aliphatic rings. The predicted octanol–water partition coefficient (Wildman–Crippen LogP) is 2.33. The number of benzene rings is 1. The Morgan fingerprint density at radius 1 is 1.21 bits per heavy atom. The molecule has 2 N–H and O–H groups in total. The van der Waals surface area contributed by atoms with E-state index >= 15 is 0 Å². The van der Waals surface area contributed by atoms with Gasteiger partial charge in [0.15, 0.2) is 5.82 Å². The van der Waals surface area contributed by atoms with E-state index < -0.39 is 0 Å². The molecule has 2 aromatic rings. The van der Waals surface area contributed by atoms with Crippen molar-refractivity contribution >= 4 is 0 Å². The maximum atomic E-state index is 12.8. The van der Waals surface area contributed by atoms with Crippen LogP contribution in [0.25, 0.3) is 0 Å². The van der Waals surface area contributed by atoms with Gasteiger partial charge in [-0.15, -0.1) is 0 Å². The number of hydrogen-bond acceptors (Lipinski definition) is 4. The Morgan fingerprint density at radius 2 is 1.95 bits per heavy atom. The maximum absolute atomic E-state index is 12.8. The first-order valence-corrected chi connectivity index (χ1v) is 6.52. The summed E-state index contributed by atoms with van der Waals surface area (Å²) in [5, 5.41) is 3.97. The second-order valence-corrected chi connectivity index (χ2v) is 5.15. The van der Waals surface area contributed by atoms with Crippen LogP contribution < -0.4 is 5.73 Å². The predicted molar refractivity (Wildman–Crippen MR) is 67.8 cm³/mol. The number of nitrogens with two attached hydrogens (primary N) is 1. The van der Waals surface area contributed by atoms with Crippen molar-refractivity contribution < 1.29 is 8.91 Å². The van der Waals surface area contributed by atoms with Gasteiger partial charge in [0.25, 0.3) is 0 Å². The molecule has 1 saturated carbocycles. The van der Waals surface area contributed by atoms with E-state index in [1.807, 2.05) is 0 Å². The third-order valence-electron chi connectivity index (χ3n) is 3.70. The monoisotopic (exact) mass is 261 g/mol. The molecule has 0 spiro atoms. The van der Waals surface area contributed by atoms with Crippen LogP contribution in [0.15, 0.2) is 28.8 Å². The lowest BCUT2D eigenvalue weighted by molar-refractivity contribution is 0.229. The van der Waals surface area contributed by atoms with Crippen LogP contribution in [0, 0.1) is 5.82 Å². The molecule has 3 rings (SSSR count). The average molecular weight is 261 g/mol. The van der Waals surface area contributed by atoms with Gasteiger partial charge in [-0.1, -0.05) is 17.3 Å². The quantitative estimate of drug-likeness (QED) is 0.917. The first-order chi connectivity index (χ1) is 9.16. The minimum atomic E-state index is -0.377. The van der Waals surface area contributed by atoms with E-state index in [4.69, 9.17) is 10.3 Å². The summed E-state index contributed by atoms with van der Waals surface area (Å²) < 4.78 is 18.0. The second-order valence-electron chi connectivity index (χ2n) is 5.15. The Balaban J connectivity index is 1.63. The van der Waals surface area contributed by atoms with Crippen molar-refractivity contribution in [2.75, 3.05) is 0 Å². The third-order valence-corrected chi connectivity index (χ3v) is 3.70. The number of rotatable bonds is 4. The van der Waals surface area contributed by atoms with Crippen molar-refractivity contribution in [3.63, 3.8) is 0 Å². The second kappa shape index (κ2) is 4.74. The zero-order valence-electron chi connectivity index (χ0n) is 10.6. The van der Waals surface area contributed by atoms with E-state index in [0.717, 1.165) is 31.2 Å². The van der Waals surface area contributed by atoms with Crippen LogP contribution in [0.4, 0.5) is 4.39 Å². The molecule has 0 bridgehead atoms. The third kappa shape index (κ3) is 2.51. The van der Waals surface area contributed by atoms with Crippen molar-refractivity contribution in [2.45, 2.75) is 37.6 Å². The van der Waals surface area contributed by atoms with E-state index in [-0.39, 0.29) is 11.4 Å². The molecule has 1 heterocycles. The van der Waals surface area contributed by atoms with Gasteiger partial charge in [0.1, 0.15) is 5.82 Å². The SMILES string of the molecule is NC1(c2noc(CCc3ccc(F)cc3)n2)CCC1. The highest BCUT2D eigenvalue weighted by Gasteiger charge is 2.38. The molecule has 0 radical (unpaired) electrons. The minimum Gasteiger partial charge on any atom is -0.339 e. The molecule has 0 unspecified atom stereocenters. The standard InChI is InChI=1S/C14H16FN3O/c15-11-5-2-10(3-6-11)4-7-12-17-13(18-19-12)14(16)8-1-9-14/h2-3,5-6H,1,4,7-9,16H2. The summed E-state index contributed by atoms with van der Waals surface area (Å²) in [5.41, 5.74) is 6.81. The number of halogens is 1. The molecule has 19 heavy (non-hydrogen) atoms. The van der Waals surface area contributed by atoms with Gasteiger partial charge in [0.05, 0.1) is 5.54 Å². The molecular weight excluding hydrogens is 245 g/mol. The van der Waals surface area contributed by atoms with Crippen LogP contribution in [0.3, 0.4) is 0 Å². The molecule has 0 amide bonds. The van der Waals surface area contributed by atoms with Crippen molar-refractivity contribution in [1.82, 2.24) is 10.1 Å². The Kier molecular flexibility index (Phi) is 3.06. The average Bonchev–Trinajstić information content (AvgIpc) is 2.84. The highest BCUT2D eigenvalue weighted by Crippen LogP contribution is 2.36. The Morgan fingerprint density at radius 3 is 2.58 bits per heavy atom. The number of nitrogens with zero attached hydrogens (tertiary/aromatic N) is 2. The number of hydrogen-bond donors (Lipinski definition) is 1. The van der Waals surface area contributed by atoms with Gasteiger partial charge in [0, 0.05) is 6.42 Å². The van der Waals surface area contributed by atoms with Gasteiger partial charge in [-0.2, -0.15) is 4.98 Å². The van der Waals surface area contributed by atoms with Crippen LogP contribution in [-0.4, -0.2) is 10.1 Å². The van der Waals surface area contributed by atoms with Crippen LogP contribution in [0.2, 0.25) is 0 Å². The number of aryl methyl sites for hydroxylation is 2. The topological polar surface area (TPSA) is 64.9 Å². The Labute approximate surface area is 110 Å². The van der Waals surface area contributed by atoms with Gasteiger partial charge in [-0.25, -0.2) is 4.39 Å². The number of aromatic nitrogens is 2. The lowest BCUT2D eigenvalue weighted by atomic mass is 9.77. The van der Waals surface area contributed by atoms with Crippen molar-refractivity contribution in [3.8, 4) is 0 Å². The normalized spacial score (nSPS) is 17.2. The first-order valence-electron chi connectivity index (χ1n) is 6.52. The molecule has 1 aromatic carbocycles. The van der Waals surface area contributed by atoms with E-state index in [1.54, 1.807) is 12.1 Å². The smallest absolute Gasteiger partial charge is 0.227 e. The van der Waals surface area contributed by atoms with Crippen LogP contribution in [-0.2, 0) is 18.4 Å². The minimum absolute atomic E-state index is 0.223. The fraction of sp³-hybridized carbons (Fsp3) is 0.429. The molecule has 5 heteroatoms. The molecule has 0 atom stereocenters. The fourth-order valence-electron chi connectivity index (χ4n) is 2.24. The highest BCUT2D eigenvalue weighted by molar-refractivity contribution is 5.17. The fourth-order valence-corrected chi connectivity index (χ4v) is 2.24. The lowest BCUT2D eigenvalue weighted by Crippen LogP contribution is -2.44. The van der Waals surface area contributed by atoms with Gasteiger partial charge < -0.3 is 10.3 Å². The Hall–Kier alpha value is -1.75. The first kappa shape index (κ1) is 12.3. The molecular formula is C14H16FN3O. The van der Waals surface area contributed by atoms with Crippen LogP contribution in [0.1, 0.15) is 36.5 Å². The zero-order valence-corrected chi connectivity index (χ0v) is 10.6. The summed E-state index contributed by atoms with van der Waals surface area (Å²) in [5.74, 6) is 0.989. The summed E-state index contributed by atoms with van der Waals surface area (Å²) in [4.78, 5) is 4.36. The summed E-state index contributed by atoms with van der Waals surface area (Å²) >= 11 is 0. The molecule has 4 nitrogen and oxygen atoms in total. The van der Waals surface area contributed by atoms with Gasteiger partial charge in [-0.3, -0.25) is 0 Å². The van der Waals surface area contributed by atoms with Crippen molar-refractivity contribution in [3.05, 3.63) is 47.4 Å². The molecule has 100 valence electrons. The summed E-state index contributed by atoms with van der Waals surface area (Å²) in [7, 11) is 0. The molecule has 0 saturated heterocycles. The summed E-state index contributed by atoms with van der Waals surface area (Å²) in [6.07, 6.45) is 4.36. The highest BCUT2D eigenvalue weighted by atomic mass is 19.1. The van der Waals surface area contributed by atoms with E-state index in [2.05, 4.69) is 10.1 Å². The summed E-state index contributed by atoms with van der Waals surface area (Å²) in [6.45, 7) is 0. The van der Waals surface area contributed by atoms with Crippen LogP contribution >= 0.6 is 0 Å². The van der Waals surface area contributed by atoms with E-state index in [0.29, 0.717) is 18.1 Å². The van der Waals surface area contributed by atoms with Gasteiger partial charge in [0.2, 0.25) is 5.89 Å². The maximum Gasteiger partial charge on any atom is 0.227 e.